The van der Waals surface area contributed by atoms with Gasteiger partial charge in [0.2, 0.25) is 0 Å². The fourth-order valence-corrected chi connectivity index (χ4v) is 2.21. The van der Waals surface area contributed by atoms with Crippen LogP contribution in [-0.4, -0.2) is 33.5 Å². The molecule has 0 aliphatic heterocycles. The standard InChI is InChI=1S/C10H7BrClN3O3/c1-4-7(8(16)10(17)18-2)9(12)15-6(13-4)3-5(11)14-15/h3H,1-2H3. The minimum atomic E-state index is -0.993. The molecule has 2 rings (SSSR count). The third-order valence-corrected chi connectivity index (χ3v) is 3.03. The highest BCUT2D eigenvalue weighted by molar-refractivity contribution is 9.10. The van der Waals surface area contributed by atoms with Gasteiger partial charge in [-0.25, -0.2) is 14.3 Å². The van der Waals surface area contributed by atoms with Gasteiger partial charge in [0.25, 0.3) is 5.78 Å². The molecule has 0 N–H and O–H groups in total. The summed E-state index contributed by atoms with van der Waals surface area (Å²) in [5.41, 5.74) is 0.813. The van der Waals surface area contributed by atoms with E-state index < -0.39 is 11.8 Å². The zero-order valence-electron chi connectivity index (χ0n) is 9.40. The number of fused-ring (bicyclic) bond motifs is 1. The van der Waals surface area contributed by atoms with Gasteiger partial charge in [-0.3, -0.25) is 4.79 Å². The van der Waals surface area contributed by atoms with Gasteiger partial charge in [-0.15, -0.1) is 0 Å². The van der Waals surface area contributed by atoms with Crippen molar-refractivity contribution < 1.29 is 14.3 Å². The Bertz CT molecular complexity index is 668. The van der Waals surface area contributed by atoms with Crippen molar-refractivity contribution in [2.45, 2.75) is 6.92 Å². The number of carbonyl (C=O) groups excluding carboxylic acids is 2. The van der Waals surface area contributed by atoms with E-state index in [0.29, 0.717) is 15.9 Å². The van der Waals surface area contributed by atoms with E-state index in [1.807, 2.05) is 0 Å². The summed E-state index contributed by atoms with van der Waals surface area (Å²) in [5, 5.41) is 4.04. The molecule has 0 saturated heterocycles. The first-order valence-electron chi connectivity index (χ1n) is 4.79. The average molecular weight is 333 g/mol. The Morgan fingerprint density at radius 2 is 2.17 bits per heavy atom. The third-order valence-electron chi connectivity index (χ3n) is 2.29. The van der Waals surface area contributed by atoms with Crippen LogP contribution in [0.2, 0.25) is 5.15 Å². The first-order valence-corrected chi connectivity index (χ1v) is 5.96. The molecule has 0 radical (unpaired) electrons. The minimum absolute atomic E-state index is 0.00776. The fourth-order valence-electron chi connectivity index (χ4n) is 1.50. The molecule has 2 aromatic heterocycles. The molecule has 2 heterocycles. The van der Waals surface area contributed by atoms with E-state index in [1.54, 1.807) is 13.0 Å². The van der Waals surface area contributed by atoms with Crippen LogP contribution in [0.4, 0.5) is 0 Å². The Morgan fingerprint density at radius 3 is 2.78 bits per heavy atom. The first-order chi connectivity index (χ1) is 8.45. The number of halogens is 2. The second-order valence-electron chi connectivity index (χ2n) is 3.42. The number of esters is 1. The molecule has 0 spiro atoms. The Labute approximate surface area is 115 Å². The number of nitrogens with zero attached hydrogens (tertiary/aromatic N) is 3. The van der Waals surface area contributed by atoms with Gasteiger partial charge in [-0.1, -0.05) is 11.6 Å². The minimum Gasteiger partial charge on any atom is -0.463 e. The summed E-state index contributed by atoms with van der Waals surface area (Å²) in [6, 6.07) is 1.64. The van der Waals surface area contributed by atoms with Crippen LogP contribution in [0.5, 0.6) is 0 Å². The van der Waals surface area contributed by atoms with Crippen molar-refractivity contribution >= 4 is 44.9 Å². The summed E-state index contributed by atoms with van der Waals surface area (Å²) in [4.78, 5) is 27.2. The molecule has 0 unspecified atom stereocenters. The molecular weight excluding hydrogens is 325 g/mol. The van der Waals surface area contributed by atoms with E-state index in [4.69, 9.17) is 11.6 Å². The molecule has 0 bridgehead atoms. The van der Waals surface area contributed by atoms with Crippen molar-refractivity contribution in [2.24, 2.45) is 0 Å². The number of aromatic nitrogens is 3. The predicted molar refractivity (Wildman–Crippen MR) is 66.8 cm³/mol. The van der Waals surface area contributed by atoms with Crippen LogP contribution < -0.4 is 0 Å². The van der Waals surface area contributed by atoms with Crippen molar-refractivity contribution in [1.29, 1.82) is 0 Å². The Morgan fingerprint density at radius 1 is 1.50 bits per heavy atom. The number of hydrogen-bond acceptors (Lipinski definition) is 5. The highest BCUT2D eigenvalue weighted by atomic mass is 79.9. The number of ketones is 1. The predicted octanol–water partition coefficient (Wildman–Crippen LogP) is 1.81. The highest BCUT2D eigenvalue weighted by Gasteiger charge is 2.25. The molecule has 2 aromatic rings. The fraction of sp³-hybridized carbons (Fsp3) is 0.200. The highest BCUT2D eigenvalue weighted by Crippen LogP contribution is 2.23. The normalized spacial score (nSPS) is 10.7. The maximum atomic E-state index is 11.8. The lowest BCUT2D eigenvalue weighted by Crippen LogP contribution is -2.19. The topological polar surface area (TPSA) is 73.6 Å². The Hall–Kier alpha value is -1.47. The molecule has 8 heteroatoms. The summed E-state index contributed by atoms with van der Waals surface area (Å²) < 4.78 is 6.18. The Kier molecular flexibility index (Phi) is 3.36. The van der Waals surface area contributed by atoms with Crippen molar-refractivity contribution in [1.82, 2.24) is 14.6 Å². The van der Waals surface area contributed by atoms with E-state index >= 15 is 0 Å². The van der Waals surface area contributed by atoms with Gasteiger partial charge < -0.3 is 4.74 Å². The lowest BCUT2D eigenvalue weighted by atomic mass is 10.1. The van der Waals surface area contributed by atoms with Crippen molar-refractivity contribution in [3.8, 4) is 0 Å². The third kappa shape index (κ3) is 1.99. The summed E-state index contributed by atoms with van der Waals surface area (Å²) in [6.45, 7) is 1.59. The van der Waals surface area contributed by atoms with Crippen LogP contribution in [-0.2, 0) is 9.53 Å². The molecular formula is C10H7BrClN3O3. The molecule has 0 amide bonds. The van der Waals surface area contributed by atoms with Crippen molar-refractivity contribution in [3.63, 3.8) is 0 Å². The lowest BCUT2D eigenvalue weighted by Gasteiger charge is -2.06. The van der Waals surface area contributed by atoms with E-state index in [2.05, 4.69) is 30.7 Å². The van der Waals surface area contributed by atoms with Gasteiger partial charge in [0, 0.05) is 6.07 Å². The molecule has 0 saturated carbocycles. The smallest absolute Gasteiger partial charge is 0.379 e. The van der Waals surface area contributed by atoms with Crippen LogP contribution >= 0.6 is 27.5 Å². The van der Waals surface area contributed by atoms with Crippen LogP contribution in [0, 0.1) is 6.92 Å². The van der Waals surface area contributed by atoms with E-state index in [0.717, 1.165) is 7.11 Å². The second-order valence-corrected chi connectivity index (χ2v) is 4.59. The molecule has 18 heavy (non-hydrogen) atoms. The lowest BCUT2D eigenvalue weighted by molar-refractivity contribution is -0.135. The van der Waals surface area contributed by atoms with Crippen LogP contribution in [0.1, 0.15) is 16.1 Å². The zero-order chi connectivity index (χ0) is 13.4. The number of Topliss-reactive ketones (excluding diaryl/α,β-unsaturated/α-hetero) is 1. The SMILES string of the molecule is COC(=O)C(=O)c1c(C)nc2cc(Br)nn2c1Cl. The monoisotopic (exact) mass is 331 g/mol. The maximum absolute atomic E-state index is 11.8. The number of methoxy groups -OCH3 is 1. The summed E-state index contributed by atoms with van der Waals surface area (Å²) in [6.07, 6.45) is 0. The summed E-state index contributed by atoms with van der Waals surface area (Å²) in [5.74, 6) is -1.84. The molecule has 0 fully saturated rings. The second kappa shape index (κ2) is 4.66. The van der Waals surface area contributed by atoms with E-state index in [9.17, 15) is 9.59 Å². The van der Waals surface area contributed by atoms with Crippen molar-refractivity contribution in [3.05, 3.63) is 27.1 Å². The van der Waals surface area contributed by atoms with Gasteiger partial charge in [-0.05, 0) is 22.9 Å². The quantitative estimate of drug-likeness (QED) is 0.363. The van der Waals surface area contributed by atoms with Crippen LogP contribution in [0.25, 0.3) is 5.65 Å². The average Bonchev–Trinajstić information content (AvgIpc) is 2.68. The molecule has 0 aromatic carbocycles. The van der Waals surface area contributed by atoms with E-state index in [-0.39, 0.29) is 10.7 Å². The molecule has 0 aliphatic carbocycles. The Balaban J connectivity index is 2.71. The van der Waals surface area contributed by atoms with Crippen molar-refractivity contribution in [2.75, 3.05) is 7.11 Å². The number of aryl methyl sites for hydroxylation is 1. The zero-order valence-corrected chi connectivity index (χ0v) is 11.7. The van der Waals surface area contributed by atoms with Gasteiger partial charge >= 0.3 is 5.97 Å². The molecule has 0 atom stereocenters. The van der Waals surface area contributed by atoms with Gasteiger partial charge in [0.1, 0.15) is 9.76 Å². The number of carbonyl (C=O) groups is 2. The van der Waals surface area contributed by atoms with Gasteiger partial charge in [0.05, 0.1) is 18.4 Å². The number of rotatable bonds is 2. The number of ether oxygens (including phenoxy) is 1. The molecule has 6 nitrogen and oxygen atoms in total. The van der Waals surface area contributed by atoms with Gasteiger partial charge in [0.15, 0.2) is 5.65 Å². The first kappa shape index (κ1) is 13.0. The summed E-state index contributed by atoms with van der Waals surface area (Å²) >= 11 is 9.25. The van der Waals surface area contributed by atoms with Crippen LogP contribution in [0.3, 0.4) is 0 Å². The molecule has 0 aliphatic rings. The number of hydrogen-bond donors (Lipinski definition) is 0. The van der Waals surface area contributed by atoms with E-state index in [1.165, 1.54) is 4.52 Å². The molecule has 94 valence electrons. The largest absolute Gasteiger partial charge is 0.463 e. The van der Waals surface area contributed by atoms with Gasteiger partial charge in [-0.2, -0.15) is 5.10 Å². The summed E-state index contributed by atoms with van der Waals surface area (Å²) in [7, 11) is 1.12. The van der Waals surface area contributed by atoms with Crippen LogP contribution in [0.15, 0.2) is 10.7 Å². The maximum Gasteiger partial charge on any atom is 0.379 e.